The second kappa shape index (κ2) is 7.22. The zero-order chi connectivity index (χ0) is 15.2. The molecule has 0 radical (unpaired) electrons. The normalized spacial score (nSPS) is 18.1. The highest BCUT2D eigenvalue weighted by atomic mass is 16.2. The molecule has 1 aromatic carbocycles. The van der Waals surface area contributed by atoms with E-state index < -0.39 is 0 Å². The fourth-order valence-corrected chi connectivity index (χ4v) is 2.34. The van der Waals surface area contributed by atoms with Crippen molar-refractivity contribution in [1.82, 2.24) is 10.2 Å². The van der Waals surface area contributed by atoms with Crippen LogP contribution in [0.25, 0.3) is 0 Å². The lowest BCUT2D eigenvalue weighted by atomic mass is 10.0. The van der Waals surface area contributed by atoms with Gasteiger partial charge < -0.3 is 15.5 Å². The fraction of sp³-hybridized carbons (Fsp3) is 0.500. The number of anilines is 1. The summed E-state index contributed by atoms with van der Waals surface area (Å²) < 4.78 is 0. The van der Waals surface area contributed by atoms with Crippen molar-refractivity contribution in [2.45, 2.75) is 31.7 Å². The van der Waals surface area contributed by atoms with Crippen LogP contribution in [0.4, 0.5) is 5.69 Å². The van der Waals surface area contributed by atoms with Gasteiger partial charge in [-0.3, -0.25) is 9.59 Å². The van der Waals surface area contributed by atoms with Crippen LogP contribution < -0.4 is 10.6 Å². The Hall–Kier alpha value is -1.88. The van der Waals surface area contributed by atoms with Gasteiger partial charge in [0.2, 0.25) is 11.8 Å². The number of rotatable bonds is 4. The van der Waals surface area contributed by atoms with Crippen LogP contribution in [-0.2, 0) is 16.0 Å². The van der Waals surface area contributed by atoms with E-state index in [-0.39, 0.29) is 17.9 Å². The van der Waals surface area contributed by atoms with Crippen molar-refractivity contribution in [3.8, 4) is 0 Å². The van der Waals surface area contributed by atoms with E-state index in [2.05, 4.69) is 10.6 Å². The number of carbonyl (C=O) groups is 2. The Balaban J connectivity index is 1.89. The van der Waals surface area contributed by atoms with Crippen molar-refractivity contribution in [3.05, 3.63) is 29.8 Å². The molecule has 0 aliphatic carbocycles. The summed E-state index contributed by atoms with van der Waals surface area (Å²) in [7, 11) is 3.49. The maximum Gasteiger partial charge on any atom is 0.241 e. The number of nitrogens with zero attached hydrogens (tertiary/aromatic N) is 1. The summed E-state index contributed by atoms with van der Waals surface area (Å²) in [6.45, 7) is 0.906. The molecule has 1 saturated heterocycles. The molecule has 0 saturated carbocycles. The third kappa shape index (κ3) is 4.56. The number of nitrogens with one attached hydrogen (secondary N) is 2. The third-order valence-corrected chi connectivity index (χ3v) is 3.70. The molecule has 0 spiro atoms. The van der Waals surface area contributed by atoms with Crippen molar-refractivity contribution >= 4 is 17.5 Å². The Morgan fingerprint density at radius 3 is 2.52 bits per heavy atom. The van der Waals surface area contributed by atoms with E-state index in [0.29, 0.717) is 6.42 Å². The summed E-state index contributed by atoms with van der Waals surface area (Å²) in [5.74, 6) is 0.0880. The predicted octanol–water partition coefficient (Wildman–Crippen LogP) is 1.40. The molecule has 114 valence electrons. The first-order valence-corrected chi connectivity index (χ1v) is 7.39. The van der Waals surface area contributed by atoms with Crippen LogP contribution >= 0.6 is 0 Å². The van der Waals surface area contributed by atoms with Crippen LogP contribution in [0.15, 0.2) is 24.3 Å². The average molecular weight is 289 g/mol. The monoisotopic (exact) mass is 289 g/mol. The maximum atomic E-state index is 12.1. The van der Waals surface area contributed by atoms with Gasteiger partial charge in [0.05, 0.1) is 12.5 Å². The molecular formula is C16H23N3O2. The van der Waals surface area contributed by atoms with Crippen molar-refractivity contribution in [2.24, 2.45) is 0 Å². The van der Waals surface area contributed by atoms with Gasteiger partial charge in [-0.25, -0.2) is 0 Å². The molecule has 21 heavy (non-hydrogen) atoms. The first-order valence-electron chi connectivity index (χ1n) is 7.39. The summed E-state index contributed by atoms with van der Waals surface area (Å²) in [6, 6.07) is 7.36. The van der Waals surface area contributed by atoms with Gasteiger partial charge in [0.1, 0.15) is 0 Å². The standard InChI is InChI=1S/C16H23N3O2/c1-19(2)15(20)11-12-6-8-13(9-7-12)18-16(21)14-5-3-4-10-17-14/h6-9,14,17H,3-5,10-11H2,1-2H3,(H,18,21)/t14-/m0/s1. The fourth-order valence-electron chi connectivity index (χ4n) is 2.34. The Bertz CT molecular complexity index is 491. The first-order chi connectivity index (χ1) is 10.1. The highest BCUT2D eigenvalue weighted by molar-refractivity contribution is 5.94. The molecule has 0 aromatic heterocycles. The SMILES string of the molecule is CN(C)C(=O)Cc1ccc(NC(=O)[C@@H]2CCCCN2)cc1. The summed E-state index contributed by atoms with van der Waals surface area (Å²) in [6.07, 6.45) is 3.50. The Labute approximate surface area is 125 Å². The second-order valence-corrected chi connectivity index (χ2v) is 5.65. The van der Waals surface area contributed by atoms with Crippen LogP contribution in [-0.4, -0.2) is 43.4 Å². The van der Waals surface area contributed by atoms with Gasteiger partial charge in [-0.1, -0.05) is 18.6 Å². The van der Waals surface area contributed by atoms with Crippen LogP contribution in [0.1, 0.15) is 24.8 Å². The van der Waals surface area contributed by atoms with Gasteiger partial charge in [0.15, 0.2) is 0 Å². The van der Waals surface area contributed by atoms with Crippen molar-refractivity contribution in [2.75, 3.05) is 26.0 Å². The summed E-state index contributed by atoms with van der Waals surface area (Å²) in [5, 5.41) is 6.14. The van der Waals surface area contributed by atoms with Gasteiger partial charge in [0.25, 0.3) is 0 Å². The highest BCUT2D eigenvalue weighted by Crippen LogP contribution is 2.13. The molecule has 1 heterocycles. The van der Waals surface area contributed by atoms with E-state index >= 15 is 0 Å². The van der Waals surface area contributed by atoms with Gasteiger partial charge in [-0.15, -0.1) is 0 Å². The largest absolute Gasteiger partial charge is 0.349 e. The van der Waals surface area contributed by atoms with Gasteiger partial charge in [-0.05, 0) is 37.1 Å². The summed E-state index contributed by atoms with van der Waals surface area (Å²) in [4.78, 5) is 25.3. The molecule has 1 aliphatic heterocycles. The van der Waals surface area contributed by atoms with Gasteiger partial charge in [-0.2, -0.15) is 0 Å². The molecule has 0 unspecified atom stereocenters. The van der Waals surface area contributed by atoms with E-state index in [4.69, 9.17) is 0 Å². The molecule has 1 atom stereocenters. The lowest BCUT2D eigenvalue weighted by molar-refractivity contribution is -0.128. The molecule has 2 N–H and O–H groups in total. The van der Waals surface area contributed by atoms with Crippen LogP contribution in [0.5, 0.6) is 0 Å². The maximum absolute atomic E-state index is 12.1. The number of benzene rings is 1. The number of hydrogen-bond donors (Lipinski definition) is 2. The zero-order valence-corrected chi connectivity index (χ0v) is 12.7. The van der Waals surface area contributed by atoms with Crippen LogP contribution in [0.3, 0.4) is 0 Å². The van der Waals surface area contributed by atoms with Gasteiger partial charge in [0, 0.05) is 19.8 Å². The quantitative estimate of drug-likeness (QED) is 0.881. The number of carbonyl (C=O) groups excluding carboxylic acids is 2. The van der Waals surface area contributed by atoms with E-state index in [1.807, 2.05) is 24.3 Å². The van der Waals surface area contributed by atoms with E-state index in [1.54, 1.807) is 19.0 Å². The molecule has 1 fully saturated rings. The lowest BCUT2D eigenvalue weighted by Crippen LogP contribution is -2.43. The number of amides is 2. The number of piperidine rings is 1. The van der Waals surface area contributed by atoms with Crippen LogP contribution in [0.2, 0.25) is 0 Å². The molecule has 1 aromatic rings. The van der Waals surface area contributed by atoms with E-state index in [1.165, 1.54) is 0 Å². The zero-order valence-electron chi connectivity index (χ0n) is 12.7. The third-order valence-electron chi connectivity index (χ3n) is 3.70. The lowest BCUT2D eigenvalue weighted by Gasteiger charge is -2.22. The van der Waals surface area contributed by atoms with E-state index in [9.17, 15) is 9.59 Å². The smallest absolute Gasteiger partial charge is 0.241 e. The minimum Gasteiger partial charge on any atom is -0.349 e. The Morgan fingerprint density at radius 1 is 1.24 bits per heavy atom. The van der Waals surface area contributed by atoms with Gasteiger partial charge >= 0.3 is 0 Å². The Morgan fingerprint density at radius 2 is 1.95 bits per heavy atom. The van der Waals surface area contributed by atoms with Crippen molar-refractivity contribution < 1.29 is 9.59 Å². The number of likely N-dealkylation sites (N-methyl/N-ethyl adjacent to an activating group) is 1. The first kappa shape index (κ1) is 15.5. The summed E-state index contributed by atoms with van der Waals surface area (Å²) >= 11 is 0. The molecular weight excluding hydrogens is 266 g/mol. The molecule has 5 nitrogen and oxygen atoms in total. The number of hydrogen-bond acceptors (Lipinski definition) is 3. The van der Waals surface area contributed by atoms with Crippen molar-refractivity contribution in [1.29, 1.82) is 0 Å². The molecule has 5 heteroatoms. The van der Waals surface area contributed by atoms with Crippen molar-refractivity contribution in [3.63, 3.8) is 0 Å². The highest BCUT2D eigenvalue weighted by Gasteiger charge is 2.20. The molecule has 2 rings (SSSR count). The van der Waals surface area contributed by atoms with E-state index in [0.717, 1.165) is 37.1 Å². The minimum atomic E-state index is -0.0891. The summed E-state index contributed by atoms with van der Waals surface area (Å²) in [5.41, 5.74) is 1.72. The predicted molar refractivity (Wildman–Crippen MR) is 83.1 cm³/mol. The topological polar surface area (TPSA) is 61.4 Å². The Kier molecular flexibility index (Phi) is 5.33. The molecule has 0 bridgehead atoms. The average Bonchev–Trinajstić information content (AvgIpc) is 2.50. The minimum absolute atomic E-state index is 0.0202. The molecule has 2 amide bonds. The van der Waals surface area contributed by atoms with Crippen LogP contribution in [0, 0.1) is 0 Å². The second-order valence-electron chi connectivity index (χ2n) is 5.65. The molecule has 1 aliphatic rings.